The first kappa shape index (κ1) is 12.8. The first-order valence-corrected chi connectivity index (χ1v) is 7.17. The third kappa shape index (κ3) is 2.42. The summed E-state index contributed by atoms with van der Waals surface area (Å²) in [4.78, 5) is 2.57. The van der Waals surface area contributed by atoms with Crippen molar-refractivity contribution >= 4 is 0 Å². The zero-order valence-corrected chi connectivity index (χ0v) is 11.3. The predicted molar refractivity (Wildman–Crippen MR) is 74.3 cm³/mol. The minimum atomic E-state index is 0.103. The Bertz CT molecular complexity index is 463. The Morgan fingerprint density at radius 1 is 1.26 bits per heavy atom. The fraction of sp³-hybridized carbons (Fsp3) is 0.600. The molecule has 1 aromatic carbocycles. The summed E-state index contributed by atoms with van der Waals surface area (Å²) in [6.07, 6.45) is 3.78. The average molecular weight is 262 g/mol. The number of rotatable bonds is 3. The zero-order valence-electron chi connectivity index (χ0n) is 11.3. The topological polar surface area (TPSA) is 55.7 Å². The molecule has 2 heterocycles. The lowest BCUT2D eigenvalue weighted by atomic mass is 10.0. The molecule has 3 N–H and O–H groups in total. The van der Waals surface area contributed by atoms with Gasteiger partial charge in [0.2, 0.25) is 0 Å². The van der Waals surface area contributed by atoms with Crippen LogP contribution < -0.4 is 5.32 Å². The molecule has 3 rings (SSSR count). The molecular weight excluding hydrogens is 240 g/mol. The van der Waals surface area contributed by atoms with E-state index in [1.165, 1.54) is 38.4 Å². The maximum atomic E-state index is 9.91. The van der Waals surface area contributed by atoms with Crippen LogP contribution in [-0.2, 0) is 0 Å². The van der Waals surface area contributed by atoms with E-state index < -0.39 is 0 Å². The normalized spacial score (nSPS) is 28.5. The highest BCUT2D eigenvalue weighted by atomic mass is 16.3. The first-order valence-electron chi connectivity index (χ1n) is 7.17. The Morgan fingerprint density at radius 3 is 2.89 bits per heavy atom. The van der Waals surface area contributed by atoms with Gasteiger partial charge in [0.05, 0.1) is 0 Å². The third-order valence-corrected chi connectivity index (χ3v) is 4.55. The molecular formula is C15H22N2O2. The van der Waals surface area contributed by atoms with Gasteiger partial charge in [0.15, 0.2) is 0 Å². The number of nitrogens with one attached hydrogen (secondary N) is 1. The Hall–Kier alpha value is -1.26. The van der Waals surface area contributed by atoms with Gasteiger partial charge in [0, 0.05) is 36.3 Å². The largest absolute Gasteiger partial charge is 0.508 e. The number of phenols is 2. The van der Waals surface area contributed by atoms with E-state index in [1.54, 1.807) is 12.1 Å². The van der Waals surface area contributed by atoms with Crippen molar-refractivity contribution in [1.82, 2.24) is 10.2 Å². The van der Waals surface area contributed by atoms with Crippen LogP contribution in [0, 0.1) is 0 Å². The molecule has 4 nitrogen and oxygen atoms in total. The van der Waals surface area contributed by atoms with Gasteiger partial charge in [0.25, 0.3) is 0 Å². The fourth-order valence-electron chi connectivity index (χ4n) is 3.59. The molecule has 1 aromatic rings. The highest BCUT2D eigenvalue weighted by molar-refractivity contribution is 5.40. The fourth-order valence-corrected chi connectivity index (χ4v) is 3.59. The number of benzene rings is 1. The van der Waals surface area contributed by atoms with Gasteiger partial charge in [-0.3, -0.25) is 4.90 Å². The van der Waals surface area contributed by atoms with Gasteiger partial charge < -0.3 is 15.5 Å². The molecule has 2 fully saturated rings. The lowest BCUT2D eigenvalue weighted by Gasteiger charge is -2.25. The van der Waals surface area contributed by atoms with Gasteiger partial charge in [-0.15, -0.1) is 0 Å². The second kappa shape index (κ2) is 5.02. The SMILES string of the molecule is CC(NC1CCN2CCCC12)c1ccc(O)cc1O. The molecule has 0 radical (unpaired) electrons. The second-order valence-electron chi connectivity index (χ2n) is 5.77. The third-order valence-electron chi connectivity index (χ3n) is 4.55. The van der Waals surface area contributed by atoms with Crippen LogP contribution in [0.5, 0.6) is 11.5 Å². The number of hydrogen-bond donors (Lipinski definition) is 3. The van der Waals surface area contributed by atoms with Crippen molar-refractivity contribution in [2.75, 3.05) is 13.1 Å². The number of phenolic OH excluding ortho intramolecular Hbond substituents is 2. The molecule has 19 heavy (non-hydrogen) atoms. The number of fused-ring (bicyclic) bond motifs is 1. The maximum absolute atomic E-state index is 9.91. The summed E-state index contributed by atoms with van der Waals surface area (Å²) in [6.45, 7) is 4.50. The van der Waals surface area contributed by atoms with Crippen molar-refractivity contribution in [3.8, 4) is 11.5 Å². The molecule has 0 aliphatic carbocycles. The monoisotopic (exact) mass is 262 g/mol. The van der Waals surface area contributed by atoms with Gasteiger partial charge in [-0.25, -0.2) is 0 Å². The molecule has 2 aliphatic rings. The summed E-state index contributed by atoms with van der Waals surface area (Å²) >= 11 is 0. The van der Waals surface area contributed by atoms with Crippen LogP contribution in [0.25, 0.3) is 0 Å². The highest BCUT2D eigenvalue weighted by Gasteiger charge is 2.37. The van der Waals surface area contributed by atoms with E-state index in [2.05, 4.69) is 17.1 Å². The van der Waals surface area contributed by atoms with Crippen LogP contribution in [0.2, 0.25) is 0 Å². The minimum Gasteiger partial charge on any atom is -0.508 e. The molecule has 0 saturated carbocycles. The van der Waals surface area contributed by atoms with Gasteiger partial charge in [-0.1, -0.05) is 6.07 Å². The Kier molecular flexibility index (Phi) is 3.37. The molecule has 3 atom stereocenters. The molecule has 4 heteroatoms. The van der Waals surface area contributed by atoms with Crippen molar-refractivity contribution in [2.45, 2.75) is 44.3 Å². The van der Waals surface area contributed by atoms with Gasteiger partial charge in [-0.2, -0.15) is 0 Å². The number of nitrogens with zero attached hydrogens (tertiary/aromatic N) is 1. The lowest BCUT2D eigenvalue weighted by Crippen LogP contribution is -2.40. The van der Waals surface area contributed by atoms with E-state index in [0.717, 1.165) is 5.56 Å². The molecule has 0 spiro atoms. The van der Waals surface area contributed by atoms with Crippen molar-refractivity contribution in [3.63, 3.8) is 0 Å². The van der Waals surface area contributed by atoms with E-state index in [9.17, 15) is 10.2 Å². The van der Waals surface area contributed by atoms with Crippen molar-refractivity contribution < 1.29 is 10.2 Å². The summed E-state index contributed by atoms with van der Waals surface area (Å²) in [6, 6.07) is 6.12. The lowest BCUT2D eigenvalue weighted by molar-refractivity contribution is 0.290. The van der Waals surface area contributed by atoms with Crippen molar-refractivity contribution in [3.05, 3.63) is 23.8 Å². The minimum absolute atomic E-state index is 0.103. The van der Waals surface area contributed by atoms with E-state index in [4.69, 9.17) is 0 Å². The highest BCUT2D eigenvalue weighted by Crippen LogP contribution is 2.32. The number of hydrogen-bond acceptors (Lipinski definition) is 4. The standard InChI is InChI=1S/C15H22N2O2/c1-10(12-5-4-11(18)9-15(12)19)16-13-6-8-17-7-2-3-14(13)17/h4-5,9-10,13-14,16,18-19H,2-3,6-8H2,1H3. The molecule has 0 aromatic heterocycles. The average Bonchev–Trinajstić information content (AvgIpc) is 2.94. The van der Waals surface area contributed by atoms with Crippen LogP contribution in [0.1, 0.15) is 37.8 Å². The summed E-state index contributed by atoms with van der Waals surface area (Å²) < 4.78 is 0. The van der Waals surface area contributed by atoms with Gasteiger partial charge in [-0.05, 0) is 38.8 Å². The van der Waals surface area contributed by atoms with Crippen molar-refractivity contribution in [2.24, 2.45) is 0 Å². The maximum Gasteiger partial charge on any atom is 0.124 e. The molecule has 3 unspecified atom stereocenters. The zero-order chi connectivity index (χ0) is 13.4. The quantitative estimate of drug-likeness (QED) is 0.779. The van der Waals surface area contributed by atoms with E-state index >= 15 is 0 Å². The van der Waals surface area contributed by atoms with E-state index in [1.807, 2.05) is 0 Å². The van der Waals surface area contributed by atoms with Crippen LogP contribution >= 0.6 is 0 Å². The van der Waals surface area contributed by atoms with Gasteiger partial charge >= 0.3 is 0 Å². The van der Waals surface area contributed by atoms with Gasteiger partial charge in [0.1, 0.15) is 11.5 Å². The first-order chi connectivity index (χ1) is 9.15. The van der Waals surface area contributed by atoms with Crippen LogP contribution in [-0.4, -0.2) is 40.3 Å². The molecule has 0 amide bonds. The molecule has 2 saturated heterocycles. The summed E-state index contributed by atoms with van der Waals surface area (Å²) in [7, 11) is 0. The molecule has 2 aliphatic heterocycles. The van der Waals surface area contributed by atoms with Crippen LogP contribution in [0.15, 0.2) is 18.2 Å². The Balaban J connectivity index is 1.69. The summed E-state index contributed by atoms with van der Waals surface area (Å²) in [5, 5.41) is 22.9. The van der Waals surface area contributed by atoms with Crippen LogP contribution in [0.3, 0.4) is 0 Å². The predicted octanol–water partition coefficient (Wildman–Crippen LogP) is 1.99. The Morgan fingerprint density at radius 2 is 2.11 bits per heavy atom. The molecule has 0 bridgehead atoms. The summed E-state index contributed by atoms with van der Waals surface area (Å²) in [5.41, 5.74) is 0.856. The van der Waals surface area contributed by atoms with E-state index in [0.29, 0.717) is 12.1 Å². The van der Waals surface area contributed by atoms with Crippen LogP contribution in [0.4, 0.5) is 0 Å². The smallest absolute Gasteiger partial charge is 0.124 e. The molecule has 104 valence electrons. The second-order valence-corrected chi connectivity index (χ2v) is 5.77. The number of aromatic hydroxyl groups is 2. The van der Waals surface area contributed by atoms with Crippen molar-refractivity contribution in [1.29, 1.82) is 0 Å². The van der Waals surface area contributed by atoms with E-state index in [-0.39, 0.29) is 17.5 Å². The Labute approximate surface area is 114 Å². The summed E-state index contributed by atoms with van der Waals surface area (Å²) in [5.74, 6) is 0.276.